The Morgan fingerprint density at radius 2 is 1.28 bits per heavy atom. The van der Waals surface area contributed by atoms with Crippen LogP contribution in [0.1, 0.15) is 0 Å². The van der Waals surface area contributed by atoms with Gasteiger partial charge in [-0.2, -0.15) is 10.2 Å². The zero-order valence-electron chi connectivity index (χ0n) is 15.6. The van der Waals surface area contributed by atoms with Gasteiger partial charge in [0.1, 0.15) is 0 Å². The lowest BCUT2D eigenvalue weighted by molar-refractivity contribution is 0.902. The van der Waals surface area contributed by atoms with Crippen LogP contribution in [0.2, 0.25) is 0 Å². The highest BCUT2D eigenvalue weighted by Crippen LogP contribution is 2.22. The van der Waals surface area contributed by atoms with Crippen LogP contribution in [0.4, 0.5) is 11.4 Å². The van der Waals surface area contributed by atoms with E-state index in [-0.39, 0.29) is 0 Å². The molecule has 29 heavy (non-hydrogen) atoms. The van der Waals surface area contributed by atoms with Crippen LogP contribution in [0.3, 0.4) is 0 Å². The minimum absolute atomic E-state index is 0.574. The molecule has 2 aromatic carbocycles. The molecule has 0 spiro atoms. The molecule has 0 saturated carbocycles. The molecule has 0 aliphatic rings. The van der Waals surface area contributed by atoms with Crippen LogP contribution in [0.25, 0.3) is 22.8 Å². The zero-order chi connectivity index (χ0) is 20.4. The third-order valence-electron chi connectivity index (χ3n) is 4.37. The van der Waals surface area contributed by atoms with Crippen molar-refractivity contribution in [1.29, 1.82) is 0 Å². The lowest BCUT2D eigenvalue weighted by atomic mass is 10.2. The van der Waals surface area contributed by atoms with Gasteiger partial charge in [0.2, 0.25) is 0 Å². The summed E-state index contributed by atoms with van der Waals surface area (Å²) in [7, 11) is 3.74. The van der Waals surface area contributed by atoms with Crippen LogP contribution in [0.15, 0.2) is 58.9 Å². The molecule has 2 aromatic heterocycles. The standard InChI is InChI=1S/C18H17N9S2/c1-26-15(21-23-17(26)28)11-3-7-13(8-4-11)19-25-20-14-9-5-12(6-10-14)16-22-24-18(29)27(16)2/h3-10H,1-2H3,(H,19,20)(H,23,28)(H,24,29). The van der Waals surface area contributed by atoms with E-state index < -0.39 is 0 Å². The summed E-state index contributed by atoms with van der Waals surface area (Å²) in [5.41, 5.74) is 6.34. The Morgan fingerprint density at radius 3 is 1.72 bits per heavy atom. The van der Waals surface area contributed by atoms with Crippen LogP contribution in [-0.2, 0) is 14.1 Å². The van der Waals surface area contributed by atoms with Crippen LogP contribution in [0.5, 0.6) is 0 Å². The van der Waals surface area contributed by atoms with Crippen molar-refractivity contribution in [2.45, 2.75) is 0 Å². The fourth-order valence-corrected chi connectivity index (χ4v) is 2.99. The lowest BCUT2D eigenvalue weighted by Crippen LogP contribution is -1.93. The van der Waals surface area contributed by atoms with Gasteiger partial charge in [-0.05, 0) is 73.0 Å². The van der Waals surface area contributed by atoms with E-state index in [0.29, 0.717) is 9.54 Å². The molecule has 9 nitrogen and oxygen atoms in total. The van der Waals surface area contributed by atoms with Crippen molar-refractivity contribution in [2.24, 2.45) is 24.4 Å². The Morgan fingerprint density at radius 1 is 0.793 bits per heavy atom. The minimum atomic E-state index is 0.574. The summed E-state index contributed by atoms with van der Waals surface area (Å²) in [6, 6.07) is 15.3. The van der Waals surface area contributed by atoms with Gasteiger partial charge in [0.05, 0.1) is 11.4 Å². The number of nitrogens with zero attached hydrogens (tertiary/aromatic N) is 6. The zero-order valence-corrected chi connectivity index (χ0v) is 17.3. The molecule has 3 N–H and O–H groups in total. The predicted octanol–water partition coefficient (Wildman–Crippen LogP) is 4.71. The van der Waals surface area contributed by atoms with Gasteiger partial charge >= 0.3 is 0 Å². The molecular formula is C18H17N9S2. The summed E-state index contributed by atoms with van der Waals surface area (Å²) < 4.78 is 4.78. The number of anilines is 1. The topological polar surface area (TPSA) is 104 Å². The maximum Gasteiger partial charge on any atom is 0.195 e. The van der Waals surface area contributed by atoms with Gasteiger partial charge in [-0.1, -0.05) is 5.22 Å². The smallest absolute Gasteiger partial charge is 0.195 e. The summed E-state index contributed by atoms with van der Waals surface area (Å²) in [4.78, 5) is 0. The number of aromatic amines is 2. The maximum atomic E-state index is 5.14. The monoisotopic (exact) mass is 423 g/mol. The molecule has 4 rings (SSSR count). The van der Waals surface area contributed by atoms with Crippen molar-refractivity contribution in [1.82, 2.24) is 29.5 Å². The van der Waals surface area contributed by atoms with Gasteiger partial charge in [0, 0.05) is 25.2 Å². The highest BCUT2D eigenvalue weighted by Gasteiger charge is 2.06. The first kappa shape index (κ1) is 18.9. The molecule has 0 aliphatic carbocycles. The number of aromatic nitrogens is 6. The van der Waals surface area contributed by atoms with E-state index in [1.807, 2.05) is 71.8 Å². The van der Waals surface area contributed by atoms with Crippen molar-refractivity contribution in [2.75, 3.05) is 5.43 Å². The van der Waals surface area contributed by atoms with E-state index in [9.17, 15) is 0 Å². The SMILES string of the molecule is Cn1c(-c2ccc(N=NNc3ccc(-c4n[nH]c(=S)n4C)cc3)cc2)n[nH]c1=S. The van der Waals surface area contributed by atoms with Gasteiger partial charge in [-0.3, -0.25) is 15.6 Å². The Hall–Kier alpha value is -3.44. The molecule has 0 aliphatic heterocycles. The Kier molecular flexibility index (Phi) is 5.14. The second-order valence-electron chi connectivity index (χ2n) is 6.26. The van der Waals surface area contributed by atoms with Gasteiger partial charge in [0.15, 0.2) is 21.2 Å². The first-order valence-electron chi connectivity index (χ1n) is 8.63. The molecule has 0 fully saturated rings. The molecule has 0 atom stereocenters. The largest absolute Gasteiger partial charge is 0.303 e. The second-order valence-corrected chi connectivity index (χ2v) is 7.03. The average Bonchev–Trinajstić information content (AvgIpc) is 3.25. The van der Waals surface area contributed by atoms with Gasteiger partial charge in [0.25, 0.3) is 0 Å². The second kappa shape index (κ2) is 7.89. The Balaban J connectivity index is 1.42. The molecule has 0 saturated heterocycles. The van der Waals surface area contributed by atoms with Crippen LogP contribution in [-0.4, -0.2) is 29.5 Å². The van der Waals surface area contributed by atoms with E-state index in [1.165, 1.54) is 0 Å². The number of hydrogen-bond donors (Lipinski definition) is 3. The first-order chi connectivity index (χ1) is 14.0. The van der Waals surface area contributed by atoms with E-state index in [1.54, 1.807) is 0 Å². The number of nitrogens with one attached hydrogen (secondary N) is 3. The van der Waals surface area contributed by atoms with Crippen molar-refractivity contribution >= 4 is 35.8 Å². The highest BCUT2D eigenvalue weighted by atomic mass is 32.1. The Labute approximate surface area is 176 Å². The van der Waals surface area contributed by atoms with Crippen molar-refractivity contribution in [3.8, 4) is 22.8 Å². The number of hydrogen-bond acceptors (Lipinski definition) is 6. The van der Waals surface area contributed by atoms with E-state index >= 15 is 0 Å². The predicted molar refractivity (Wildman–Crippen MR) is 116 cm³/mol. The minimum Gasteiger partial charge on any atom is -0.303 e. The third kappa shape index (κ3) is 3.91. The quantitative estimate of drug-likeness (QED) is 0.245. The number of H-pyrrole nitrogens is 2. The van der Waals surface area contributed by atoms with Gasteiger partial charge in [-0.25, -0.2) is 0 Å². The molecule has 4 aromatic rings. The maximum absolute atomic E-state index is 5.14. The first-order valence-corrected chi connectivity index (χ1v) is 9.45. The van der Waals surface area contributed by atoms with Crippen LogP contribution in [0, 0.1) is 9.54 Å². The lowest BCUT2D eigenvalue weighted by Gasteiger charge is -2.03. The molecule has 0 bridgehead atoms. The van der Waals surface area contributed by atoms with Crippen molar-refractivity contribution in [3.05, 3.63) is 58.1 Å². The molecular weight excluding hydrogens is 406 g/mol. The molecule has 2 heterocycles. The Bertz CT molecular complexity index is 1270. The normalized spacial score (nSPS) is 11.2. The molecule has 0 unspecified atom stereocenters. The van der Waals surface area contributed by atoms with Gasteiger partial charge < -0.3 is 9.13 Å². The van der Waals surface area contributed by atoms with E-state index in [2.05, 4.69) is 36.2 Å². The molecule has 0 radical (unpaired) electrons. The van der Waals surface area contributed by atoms with E-state index in [4.69, 9.17) is 24.4 Å². The third-order valence-corrected chi connectivity index (χ3v) is 5.10. The van der Waals surface area contributed by atoms with Gasteiger partial charge in [-0.15, -0.1) is 5.11 Å². The summed E-state index contributed by atoms with van der Waals surface area (Å²) in [5, 5.41) is 22.2. The van der Waals surface area contributed by atoms with Crippen molar-refractivity contribution in [3.63, 3.8) is 0 Å². The highest BCUT2D eigenvalue weighted by molar-refractivity contribution is 7.71. The fourth-order valence-electron chi connectivity index (χ4n) is 2.72. The van der Waals surface area contributed by atoms with E-state index in [0.717, 1.165) is 34.2 Å². The molecule has 11 heteroatoms. The number of benzene rings is 2. The molecule has 146 valence electrons. The van der Waals surface area contributed by atoms with Crippen LogP contribution >= 0.6 is 24.4 Å². The van der Waals surface area contributed by atoms with Crippen molar-refractivity contribution < 1.29 is 0 Å². The average molecular weight is 424 g/mol. The fraction of sp³-hybridized carbons (Fsp3) is 0.111. The summed E-state index contributed by atoms with van der Waals surface area (Å²) in [6.45, 7) is 0. The number of rotatable bonds is 5. The summed E-state index contributed by atoms with van der Waals surface area (Å²) in [5.74, 6) is 1.54. The summed E-state index contributed by atoms with van der Waals surface area (Å²) >= 11 is 10.3. The van der Waals surface area contributed by atoms with Crippen LogP contribution < -0.4 is 5.43 Å². The molecule has 0 amide bonds. The summed E-state index contributed by atoms with van der Waals surface area (Å²) in [6.07, 6.45) is 0.